The molecule has 10 heteroatoms. The van der Waals surface area contributed by atoms with Gasteiger partial charge in [0.1, 0.15) is 12.0 Å². The van der Waals surface area contributed by atoms with Crippen LogP contribution in [-0.4, -0.2) is 47.4 Å². The summed E-state index contributed by atoms with van der Waals surface area (Å²) < 4.78 is 45.0. The van der Waals surface area contributed by atoms with Gasteiger partial charge in [-0.3, -0.25) is 9.69 Å². The van der Waals surface area contributed by atoms with Gasteiger partial charge in [0, 0.05) is 26.2 Å². The van der Waals surface area contributed by atoms with Crippen LogP contribution in [0.5, 0.6) is 0 Å². The summed E-state index contributed by atoms with van der Waals surface area (Å²) in [6, 6.07) is 4.35. The highest BCUT2D eigenvalue weighted by Gasteiger charge is 2.36. The fourth-order valence-corrected chi connectivity index (χ4v) is 3.22. The summed E-state index contributed by atoms with van der Waals surface area (Å²) in [5.41, 5.74) is -0.578. The fraction of sp³-hybridized carbons (Fsp3) is 0.421. The number of carbonyl (C=O) groups is 2. The van der Waals surface area contributed by atoms with Crippen molar-refractivity contribution in [2.75, 3.05) is 19.6 Å². The maximum atomic E-state index is 13.2. The van der Waals surface area contributed by atoms with E-state index in [1.807, 2.05) is 0 Å². The molecule has 3 amide bonds. The molecule has 0 atom stereocenters. The highest BCUT2D eigenvalue weighted by atomic mass is 19.4. The average molecular weight is 408 g/mol. The molecule has 0 aromatic heterocycles. The summed E-state index contributed by atoms with van der Waals surface area (Å²) >= 11 is 0. The van der Waals surface area contributed by atoms with Crippen LogP contribution >= 0.6 is 0 Å². The zero-order valence-electron chi connectivity index (χ0n) is 15.4. The Balaban J connectivity index is 1.46. The van der Waals surface area contributed by atoms with E-state index in [1.54, 1.807) is 0 Å². The van der Waals surface area contributed by atoms with Crippen molar-refractivity contribution >= 4 is 18.0 Å². The van der Waals surface area contributed by atoms with Crippen molar-refractivity contribution in [3.8, 4) is 0 Å². The largest absolute Gasteiger partial charge is 0.431 e. The number of halogens is 3. The second-order valence-electron chi connectivity index (χ2n) is 7.18. The summed E-state index contributed by atoms with van der Waals surface area (Å²) in [6.45, 7) is 0.609. The number of rotatable bonds is 5. The molecule has 7 nitrogen and oxygen atoms in total. The molecular formula is C19H19F3N4O3. The monoisotopic (exact) mass is 408 g/mol. The highest BCUT2D eigenvalue weighted by molar-refractivity contribution is 6.01. The van der Waals surface area contributed by atoms with E-state index in [1.165, 1.54) is 34.3 Å². The van der Waals surface area contributed by atoms with Crippen LogP contribution in [-0.2, 0) is 22.3 Å². The first kappa shape index (κ1) is 19.3. The van der Waals surface area contributed by atoms with Crippen molar-refractivity contribution in [2.24, 2.45) is 10.9 Å². The maximum Gasteiger partial charge on any atom is 0.416 e. The van der Waals surface area contributed by atoms with Crippen LogP contribution in [0, 0.1) is 5.92 Å². The number of amides is 3. The number of carbonyl (C=O) groups excluding carboxylic acids is 2. The van der Waals surface area contributed by atoms with Gasteiger partial charge in [-0.15, -0.1) is 4.99 Å². The van der Waals surface area contributed by atoms with Crippen molar-refractivity contribution in [2.45, 2.75) is 25.6 Å². The van der Waals surface area contributed by atoms with Crippen molar-refractivity contribution in [1.29, 1.82) is 0 Å². The minimum Gasteiger partial charge on any atom is -0.431 e. The molecule has 0 spiro atoms. The SMILES string of the molecule is O=C(NCC1CC1)C1=COC2=NC(=O)N(Cc3ccccc3C(F)(F)F)CCN12. The Labute approximate surface area is 164 Å². The Morgan fingerprint density at radius 2 is 2.00 bits per heavy atom. The molecule has 0 unspecified atom stereocenters. The number of aliphatic imine (C=N–C) groups is 1. The van der Waals surface area contributed by atoms with Crippen LogP contribution < -0.4 is 5.32 Å². The number of fused-ring (bicyclic) bond motifs is 1. The molecule has 0 saturated heterocycles. The zero-order chi connectivity index (χ0) is 20.6. The molecule has 154 valence electrons. The lowest BCUT2D eigenvalue weighted by Crippen LogP contribution is -2.38. The summed E-state index contributed by atoms with van der Waals surface area (Å²) in [6.07, 6.45) is -1.09. The summed E-state index contributed by atoms with van der Waals surface area (Å²) in [5, 5.41) is 2.82. The molecule has 1 aliphatic carbocycles. The summed E-state index contributed by atoms with van der Waals surface area (Å²) in [4.78, 5) is 31.3. The van der Waals surface area contributed by atoms with E-state index in [4.69, 9.17) is 4.74 Å². The normalized spacial score (nSPS) is 19.2. The van der Waals surface area contributed by atoms with Crippen molar-refractivity contribution in [3.63, 3.8) is 0 Å². The van der Waals surface area contributed by atoms with Crippen molar-refractivity contribution in [3.05, 3.63) is 47.4 Å². The minimum absolute atomic E-state index is 0.0190. The van der Waals surface area contributed by atoms with Crippen molar-refractivity contribution in [1.82, 2.24) is 15.1 Å². The first-order valence-corrected chi connectivity index (χ1v) is 9.28. The van der Waals surface area contributed by atoms with Gasteiger partial charge in [-0.25, -0.2) is 4.79 Å². The molecular weight excluding hydrogens is 389 g/mol. The van der Waals surface area contributed by atoms with E-state index in [9.17, 15) is 22.8 Å². The van der Waals surface area contributed by atoms with E-state index >= 15 is 0 Å². The Hall–Kier alpha value is -3.04. The Morgan fingerprint density at radius 1 is 1.24 bits per heavy atom. The number of urea groups is 1. The number of nitrogens with zero attached hydrogens (tertiary/aromatic N) is 3. The molecule has 1 saturated carbocycles. The predicted molar refractivity (Wildman–Crippen MR) is 96.3 cm³/mol. The molecule has 1 fully saturated rings. The van der Waals surface area contributed by atoms with E-state index in [0.29, 0.717) is 12.5 Å². The second-order valence-corrected chi connectivity index (χ2v) is 7.18. The van der Waals surface area contributed by atoms with Crippen LogP contribution in [0.3, 0.4) is 0 Å². The number of alkyl halides is 3. The van der Waals surface area contributed by atoms with Crippen molar-refractivity contribution < 1.29 is 27.5 Å². The molecule has 2 heterocycles. The Morgan fingerprint density at radius 3 is 2.72 bits per heavy atom. The van der Waals surface area contributed by atoms with E-state index in [2.05, 4.69) is 10.3 Å². The smallest absolute Gasteiger partial charge is 0.416 e. The molecule has 3 aliphatic rings. The maximum absolute atomic E-state index is 13.2. The van der Waals surface area contributed by atoms with Gasteiger partial charge in [0.25, 0.3) is 5.91 Å². The van der Waals surface area contributed by atoms with Gasteiger partial charge in [-0.2, -0.15) is 13.2 Å². The van der Waals surface area contributed by atoms with Crippen LogP contribution in [0.25, 0.3) is 0 Å². The number of hydrogen-bond acceptors (Lipinski definition) is 4. The predicted octanol–water partition coefficient (Wildman–Crippen LogP) is 2.70. The lowest BCUT2D eigenvalue weighted by Gasteiger charge is -2.22. The highest BCUT2D eigenvalue weighted by Crippen LogP contribution is 2.33. The zero-order valence-corrected chi connectivity index (χ0v) is 15.4. The topological polar surface area (TPSA) is 74.2 Å². The molecule has 0 radical (unpaired) electrons. The Bertz CT molecular complexity index is 893. The minimum atomic E-state index is -4.52. The summed E-state index contributed by atoms with van der Waals surface area (Å²) in [5.74, 6) is 0.176. The molecule has 1 aromatic rings. The molecule has 29 heavy (non-hydrogen) atoms. The molecule has 2 aliphatic heterocycles. The molecule has 1 aromatic carbocycles. The second kappa shape index (κ2) is 7.41. The molecule has 1 N–H and O–H groups in total. The molecule has 4 rings (SSSR count). The summed E-state index contributed by atoms with van der Waals surface area (Å²) in [7, 11) is 0. The molecule has 0 bridgehead atoms. The average Bonchev–Trinajstić information content (AvgIpc) is 3.44. The van der Waals surface area contributed by atoms with Crippen LogP contribution in [0.2, 0.25) is 0 Å². The quantitative estimate of drug-likeness (QED) is 0.813. The lowest BCUT2D eigenvalue weighted by atomic mass is 10.1. The first-order valence-electron chi connectivity index (χ1n) is 9.28. The standard InChI is InChI=1S/C19H19F3N4O3/c20-19(21,22)14-4-2-1-3-13(14)10-25-7-8-26-15(11-29-18(26)24-17(25)28)16(27)23-9-12-5-6-12/h1-4,11-12H,5-10H2,(H,23,27). The van der Waals surface area contributed by atoms with Crippen LogP contribution in [0.1, 0.15) is 24.0 Å². The van der Waals surface area contributed by atoms with Gasteiger partial charge in [-0.1, -0.05) is 18.2 Å². The third-order valence-corrected chi connectivity index (χ3v) is 5.02. The number of nitrogens with one attached hydrogen (secondary N) is 1. The van der Waals surface area contributed by atoms with E-state index in [0.717, 1.165) is 18.9 Å². The Kier molecular flexibility index (Phi) is 4.93. The van der Waals surface area contributed by atoms with Crippen LogP contribution in [0.4, 0.5) is 18.0 Å². The van der Waals surface area contributed by atoms with Gasteiger partial charge in [0.05, 0.1) is 5.56 Å². The van der Waals surface area contributed by atoms with Gasteiger partial charge in [-0.05, 0) is 30.4 Å². The number of benzene rings is 1. The fourth-order valence-electron chi connectivity index (χ4n) is 3.22. The van der Waals surface area contributed by atoms with E-state index in [-0.39, 0.29) is 42.8 Å². The number of amidine groups is 1. The number of hydrogen-bond donors (Lipinski definition) is 1. The third-order valence-electron chi connectivity index (χ3n) is 5.02. The number of ether oxygens (including phenoxy) is 1. The van der Waals surface area contributed by atoms with Gasteiger partial charge in [0.2, 0.25) is 0 Å². The van der Waals surface area contributed by atoms with Crippen LogP contribution in [0.15, 0.2) is 41.2 Å². The van der Waals surface area contributed by atoms with Gasteiger partial charge < -0.3 is 15.0 Å². The van der Waals surface area contributed by atoms with Gasteiger partial charge >= 0.3 is 18.2 Å². The van der Waals surface area contributed by atoms with Gasteiger partial charge in [0.15, 0.2) is 0 Å². The lowest BCUT2D eigenvalue weighted by molar-refractivity contribution is -0.138. The van der Waals surface area contributed by atoms with E-state index < -0.39 is 17.8 Å². The third kappa shape index (κ3) is 4.20. The first-order chi connectivity index (χ1) is 13.8.